The average molecular weight is 213 g/mol. The Hall–Kier alpha value is -0.0400. The Kier molecular flexibility index (Phi) is 9.18. The van der Waals surface area contributed by atoms with Crippen LogP contribution in [0.3, 0.4) is 0 Å². The van der Waals surface area contributed by atoms with Crippen molar-refractivity contribution in [1.29, 1.82) is 0 Å². The standard InChI is InChI=1S/C14H31N/c1-6-9-15-14(10-12(4)7-2)11-13(5)8-3/h12-15H,6-11H2,1-5H3. The molecule has 0 saturated heterocycles. The zero-order valence-electron chi connectivity index (χ0n) is 11.5. The lowest BCUT2D eigenvalue weighted by molar-refractivity contribution is 0.332. The Labute approximate surface area is 97.0 Å². The lowest BCUT2D eigenvalue weighted by Crippen LogP contribution is -2.32. The molecule has 0 aliphatic heterocycles. The molecule has 0 bridgehead atoms. The predicted octanol–water partition coefficient (Wildman–Crippen LogP) is 4.23. The first-order valence-corrected chi connectivity index (χ1v) is 6.87. The van der Waals surface area contributed by atoms with Crippen LogP contribution in [-0.2, 0) is 0 Å². The van der Waals surface area contributed by atoms with Crippen molar-refractivity contribution in [1.82, 2.24) is 5.32 Å². The van der Waals surface area contributed by atoms with Crippen LogP contribution in [0.15, 0.2) is 0 Å². The Morgan fingerprint density at radius 1 is 0.867 bits per heavy atom. The molecular weight excluding hydrogens is 182 g/mol. The van der Waals surface area contributed by atoms with Crippen LogP contribution < -0.4 is 5.32 Å². The fourth-order valence-electron chi connectivity index (χ4n) is 1.92. The quantitative estimate of drug-likeness (QED) is 0.604. The van der Waals surface area contributed by atoms with E-state index in [1.165, 1.54) is 38.6 Å². The van der Waals surface area contributed by atoms with Gasteiger partial charge in [-0.3, -0.25) is 0 Å². The third-order valence-electron chi connectivity index (χ3n) is 3.45. The van der Waals surface area contributed by atoms with Gasteiger partial charge in [0, 0.05) is 6.04 Å². The van der Waals surface area contributed by atoms with Crippen molar-refractivity contribution in [2.45, 2.75) is 72.8 Å². The van der Waals surface area contributed by atoms with Crippen LogP contribution in [0.1, 0.15) is 66.7 Å². The second kappa shape index (κ2) is 9.21. The number of hydrogen-bond donors (Lipinski definition) is 1. The number of rotatable bonds is 9. The zero-order valence-corrected chi connectivity index (χ0v) is 11.5. The lowest BCUT2D eigenvalue weighted by atomic mass is 9.91. The molecule has 0 fully saturated rings. The fourth-order valence-corrected chi connectivity index (χ4v) is 1.92. The Balaban J connectivity index is 3.93. The molecule has 0 amide bonds. The third-order valence-corrected chi connectivity index (χ3v) is 3.45. The summed E-state index contributed by atoms with van der Waals surface area (Å²) in [5.41, 5.74) is 0. The van der Waals surface area contributed by atoms with E-state index in [0.717, 1.165) is 17.9 Å². The van der Waals surface area contributed by atoms with Gasteiger partial charge >= 0.3 is 0 Å². The maximum atomic E-state index is 3.70. The Morgan fingerprint density at radius 3 is 1.67 bits per heavy atom. The van der Waals surface area contributed by atoms with Crippen LogP contribution in [0.2, 0.25) is 0 Å². The molecule has 0 aliphatic rings. The smallest absolute Gasteiger partial charge is 0.00721 e. The third kappa shape index (κ3) is 7.84. The van der Waals surface area contributed by atoms with Gasteiger partial charge in [-0.05, 0) is 37.6 Å². The molecule has 0 radical (unpaired) electrons. The summed E-state index contributed by atoms with van der Waals surface area (Å²) in [6, 6.07) is 0.745. The minimum absolute atomic E-state index is 0.745. The Bertz CT molecular complexity index is 121. The van der Waals surface area contributed by atoms with E-state index in [4.69, 9.17) is 0 Å². The van der Waals surface area contributed by atoms with E-state index >= 15 is 0 Å². The van der Waals surface area contributed by atoms with E-state index in [1.807, 2.05) is 0 Å². The van der Waals surface area contributed by atoms with E-state index in [1.54, 1.807) is 0 Å². The molecule has 0 aliphatic carbocycles. The van der Waals surface area contributed by atoms with Gasteiger partial charge in [-0.1, -0.05) is 47.5 Å². The van der Waals surface area contributed by atoms with Gasteiger partial charge in [-0.2, -0.15) is 0 Å². The monoisotopic (exact) mass is 213 g/mol. The first-order chi connectivity index (χ1) is 7.13. The fraction of sp³-hybridized carbons (Fsp3) is 1.00. The molecule has 0 rings (SSSR count). The molecule has 92 valence electrons. The van der Waals surface area contributed by atoms with E-state index in [0.29, 0.717) is 0 Å². The van der Waals surface area contributed by atoms with Crippen LogP contribution in [0, 0.1) is 11.8 Å². The molecule has 0 aromatic heterocycles. The highest BCUT2D eigenvalue weighted by Crippen LogP contribution is 2.17. The van der Waals surface area contributed by atoms with Crippen molar-refractivity contribution in [2.24, 2.45) is 11.8 Å². The summed E-state index contributed by atoms with van der Waals surface area (Å²) in [6.45, 7) is 12.8. The zero-order chi connectivity index (χ0) is 11.7. The molecule has 1 N–H and O–H groups in total. The maximum Gasteiger partial charge on any atom is 0.00721 e. The summed E-state index contributed by atoms with van der Waals surface area (Å²) in [6.07, 6.45) is 6.56. The lowest BCUT2D eigenvalue weighted by Gasteiger charge is -2.24. The molecule has 0 saturated carbocycles. The largest absolute Gasteiger partial charge is 0.314 e. The highest BCUT2D eigenvalue weighted by molar-refractivity contribution is 4.72. The van der Waals surface area contributed by atoms with Gasteiger partial charge in [0.15, 0.2) is 0 Å². The second-order valence-corrected chi connectivity index (χ2v) is 5.15. The molecule has 1 heteroatoms. The first kappa shape index (κ1) is 15.0. The van der Waals surface area contributed by atoms with E-state index < -0.39 is 0 Å². The summed E-state index contributed by atoms with van der Waals surface area (Å²) in [7, 11) is 0. The first-order valence-electron chi connectivity index (χ1n) is 6.87. The highest BCUT2D eigenvalue weighted by Gasteiger charge is 2.14. The summed E-state index contributed by atoms with van der Waals surface area (Å²) in [4.78, 5) is 0. The van der Waals surface area contributed by atoms with Crippen molar-refractivity contribution < 1.29 is 0 Å². The van der Waals surface area contributed by atoms with E-state index in [9.17, 15) is 0 Å². The summed E-state index contributed by atoms with van der Waals surface area (Å²) < 4.78 is 0. The van der Waals surface area contributed by atoms with Crippen molar-refractivity contribution in [3.63, 3.8) is 0 Å². The van der Waals surface area contributed by atoms with Crippen LogP contribution >= 0.6 is 0 Å². The van der Waals surface area contributed by atoms with Crippen molar-refractivity contribution >= 4 is 0 Å². The van der Waals surface area contributed by atoms with Crippen LogP contribution in [0.25, 0.3) is 0 Å². The Morgan fingerprint density at radius 2 is 1.33 bits per heavy atom. The van der Waals surface area contributed by atoms with E-state index in [2.05, 4.69) is 39.9 Å². The van der Waals surface area contributed by atoms with Crippen LogP contribution in [0.4, 0.5) is 0 Å². The molecule has 1 nitrogen and oxygen atoms in total. The van der Waals surface area contributed by atoms with Gasteiger partial charge in [-0.15, -0.1) is 0 Å². The normalized spacial score (nSPS) is 17.4. The average Bonchev–Trinajstić information content (AvgIpc) is 2.25. The molecule has 2 unspecified atom stereocenters. The van der Waals surface area contributed by atoms with Crippen molar-refractivity contribution in [2.75, 3.05) is 6.54 Å². The van der Waals surface area contributed by atoms with Gasteiger partial charge in [-0.25, -0.2) is 0 Å². The maximum absolute atomic E-state index is 3.70. The number of hydrogen-bond acceptors (Lipinski definition) is 1. The van der Waals surface area contributed by atoms with Crippen molar-refractivity contribution in [3.8, 4) is 0 Å². The minimum atomic E-state index is 0.745. The molecule has 2 atom stereocenters. The van der Waals surface area contributed by atoms with Gasteiger partial charge < -0.3 is 5.32 Å². The topological polar surface area (TPSA) is 12.0 Å². The number of nitrogens with one attached hydrogen (secondary N) is 1. The van der Waals surface area contributed by atoms with Crippen LogP contribution in [0.5, 0.6) is 0 Å². The minimum Gasteiger partial charge on any atom is -0.314 e. The molecule has 0 spiro atoms. The molecule has 0 aromatic rings. The molecule has 0 heterocycles. The van der Waals surface area contributed by atoms with Gasteiger partial charge in [0.25, 0.3) is 0 Å². The van der Waals surface area contributed by atoms with E-state index in [-0.39, 0.29) is 0 Å². The second-order valence-electron chi connectivity index (χ2n) is 5.15. The summed E-state index contributed by atoms with van der Waals surface area (Å²) in [5, 5.41) is 3.70. The predicted molar refractivity (Wildman–Crippen MR) is 70.2 cm³/mol. The van der Waals surface area contributed by atoms with Crippen LogP contribution in [-0.4, -0.2) is 12.6 Å². The summed E-state index contributed by atoms with van der Waals surface area (Å²) >= 11 is 0. The summed E-state index contributed by atoms with van der Waals surface area (Å²) in [5.74, 6) is 1.73. The van der Waals surface area contributed by atoms with Gasteiger partial charge in [0.1, 0.15) is 0 Å². The molecule has 0 aromatic carbocycles. The van der Waals surface area contributed by atoms with Gasteiger partial charge in [0.05, 0.1) is 0 Å². The van der Waals surface area contributed by atoms with Crippen molar-refractivity contribution in [3.05, 3.63) is 0 Å². The highest BCUT2D eigenvalue weighted by atomic mass is 14.9. The SMILES string of the molecule is CCCNC(CC(C)CC)CC(C)CC. The molecule has 15 heavy (non-hydrogen) atoms. The van der Waals surface area contributed by atoms with Gasteiger partial charge in [0.2, 0.25) is 0 Å². The molecular formula is C14H31N.